The number of alkyl halides is 4. The minimum absolute atomic E-state index is 0.0793. The molecule has 0 bridgehead atoms. The molecule has 1 unspecified atom stereocenters. The number of halogens is 4. The van der Waals surface area contributed by atoms with Crippen molar-refractivity contribution < 1.29 is 22.8 Å². The smallest absolute Gasteiger partial charge is 0.410 e. The number of fused-ring (bicyclic) bond motifs is 1. The zero-order valence-electron chi connectivity index (χ0n) is 7.61. The molecular weight excluding hydrogens is 230 g/mol. The normalized spacial score (nSPS) is 14.2. The maximum Gasteiger partial charge on any atom is 0.423 e. The van der Waals surface area contributed by atoms with E-state index in [1.807, 2.05) is 0 Å². The Morgan fingerprint density at radius 3 is 2.62 bits per heavy atom. The highest BCUT2D eigenvalue weighted by atomic mass is 19.4. The number of hydrogen-bond acceptors (Lipinski definition) is 3. The van der Waals surface area contributed by atoms with Crippen molar-refractivity contribution in [1.29, 1.82) is 0 Å². The van der Waals surface area contributed by atoms with E-state index in [4.69, 9.17) is 5.21 Å². The third-order valence-corrected chi connectivity index (χ3v) is 2.03. The summed E-state index contributed by atoms with van der Waals surface area (Å²) in [5.41, 5.74) is -0.498. The van der Waals surface area contributed by atoms with Crippen LogP contribution >= 0.6 is 0 Å². The van der Waals surface area contributed by atoms with Crippen LogP contribution in [0, 0.1) is 0 Å². The molecule has 0 radical (unpaired) electrons. The zero-order chi connectivity index (χ0) is 11.9. The summed E-state index contributed by atoms with van der Waals surface area (Å²) in [6.07, 6.45) is -8.06. The van der Waals surface area contributed by atoms with Crippen LogP contribution in [0.2, 0.25) is 0 Å². The molecule has 0 saturated heterocycles. The first kappa shape index (κ1) is 10.7. The number of rotatable bonds is 1. The third kappa shape index (κ3) is 1.66. The van der Waals surface area contributed by atoms with Crippen LogP contribution in [0.1, 0.15) is 11.7 Å². The Hall–Kier alpha value is -1.86. The molecule has 1 aromatic carbocycles. The predicted molar refractivity (Wildman–Crippen MR) is 44.6 cm³/mol. The van der Waals surface area contributed by atoms with Crippen molar-refractivity contribution in [1.82, 2.24) is 15.2 Å². The molecule has 0 fully saturated rings. The Balaban J connectivity index is 2.50. The van der Waals surface area contributed by atoms with Crippen LogP contribution < -0.4 is 0 Å². The minimum Gasteiger partial charge on any atom is -0.410 e. The van der Waals surface area contributed by atoms with E-state index < -0.39 is 17.9 Å². The standard InChI is InChI=1S/C8H5F4N3O/c9-7(8(10,11)12)4-1-2-5-6(3-4)15(16)14-13-5/h1-3,7,16H. The first-order valence-electron chi connectivity index (χ1n) is 4.15. The van der Waals surface area contributed by atoms with Crippen molar-refractivity contribution in [3.63, 3.8) is 0 Å². The monoisotopic (exact) mass is 235 g/mol. The van der Waals surface area contributed by atoms with Gasteiger partial charge in [-0.2, -0.15) is 13.2 Å². The Kier molecular flexibility index (Phi) is 2.21. The molecule has 8 heteroatoms. The highest BCUT2D eigenvalue weighted by Gasteiger charge is 2.41. The van der Waals surface area contributed by atoms with Crippen LogP contribution in [0.15, 0.2) is 18.2 Å². The van der Waals surface area contributed by atoms with Gasteiger partial charge in [-0.05, 0) is 22.9 Å². The maximum absolute atomic E-state index is 13.0. The summed E-state index contributed by atoms with van der Waals surface area (Å²) in [7, 11) is 0. The van der Waals surface area contributed by atoms with Crippen LogP contribution in [-0.4, -0.2) is 26.5 Å². The fourth-order valence-corrected chi connectivity index (χ4v) is 1.27. The first-order chi connectivity index (χ1) is 7.39. The van der Waals surface area contributed by atoms with E-state index in [1.54, 1.807) is 0 Å². The third-order valence-electron chi connectivity index (χ3n) is 2.03. The van der Waals surface area contributed by atoms with Gasteiger partial charge in [0.2, 0.25) is 6.17 Å². The second kappa shape index (κ2) is 3.32. The van der Waals surface area contributed by atoms with E-state index in [1.165, 1.54) is 0 Å². The minimum atomic E-state index is -4.97. The second-order valence-corrected chi connectivity index (χ2v) is 3.13. The maximum atomic E-state index is 13.0. The van der Waals surface area contributed by atoms with Gasteiger partial charge in [-0.1, -0.05) is 10.9 Å². The van der Waals surface area contributed by atoms with E-state index in [0.717, 1.165) is 18.2 Å². The quantitative estimate of drug-likeness (QED) is 0.609. The van der Waals surface area contributed by atoms with Crippen molar-refractivity contribution in [2.45, 2.75) is 12.3 Å². The molecule has 1 atom stereocenters. The number of nitrogens with zero attached hydrogens (tertiary/aromatic N) is 3. The molecule has 1 N–H and O–H groups in total. The summed E-state index contributed by atoms with van der Waals surface area (Å²) in [5.74, 6) is 0. The largest absolute Gasteiger partial charge is 0.423 e. The molecule has 0 aliphatic carbocycles. The lowest BCUT2D eigenvalue weighted by atomic mass is 10.1. The van der Waals surface area contributed by atoms with Crippen LogP contribution in [0.5, 0.6) is 0 Å². The molecule has 1 aromatic heterocycles. The van der Waals surface area contributed by atoms with Crippen LogP contribution in [0.3, 0.4) is 0 Å². The lowest BCUT2D eigenvalue weighted by Crippen LogP contribution is -2.16. The SMILES string of the molecule is On1nnc2ccc(C(F)C(F)(F)F)cc21. The van der Waals surface area contributed by atoms with Crippen molar-refractivity contribution >= 4 is 11.0 Å². The van der Waals surface area contributed by atoms with Crippen molar-refractivity contribution in [3.8, 4) is 0 Å². The second-order valence-electron chi connectivity index (χ2n) is 3.13. The topological polar surface area (TPSA) is 50.9 Å². The molecule has 0 aliphatic heterocycles. The number of benzene rings is 1. The summed E-state index contributed by atoms with van der Waals surface area (Å²) in [5, 5.41) is 15.7. The molecular formula is C8H5F4N3O. The van der Waals surface area contributed by atoms with Gasteiger partial charge in [-0.25, -0.2) is 4.39 Å². The molecule has 0 aliphatic rings. The van der Waals surface area contributed by atoms with E-state index in [-0.39, 0.29) is 11.0 Å². The summed E-state index contributed by atoms with van der Waals surface area (Å²) >= 11 is 0. The van der Waals surface area contributed by atoms with E-state index >= 15 is 0 Å². The Bertz CT molecular complexity index is 521. The molecule has 2 rings (SSSR count). The summed E-state index contributed by atoms with van der Waals surface area (Å²) < 4.78 is 49.2. The summed E-state index contributed by atoms with van der Waals surface area (Å²) in [4.78, 5) is 0.294. The molecule has 0 saturated carbocycles. The summed E-state index contributed by atoms with van der Waals surface area (Å²) in [6.45, 7) is 0. The fraction of sp³-hybridized carbons (Fsp3) is 0.250. The average Bonchev–Trinajstić information content (AvgIpc) is 2.58. The van der Waals surface area contributed by atoms with Gasteiger partial charge in [-0.3, -0.25) is 0 Å². The van der Waals surface area contributed by atoms with E-state index in [0.29, 0.717) is 4.85 Å². The molecule has 2 aromatic rings. The summed E-state index contributed by atoms with van der Waals surface area (Å²) in [6, 6.07) is 2.96. The average molecular weight is 235 g/mol. The van der Waals surface area contributed by atoms with Gasteiger partial charge in [0.05, 0.1) is 0 Å². The van der Waals surface area contributed by atoms with Gasteiger partial charge in [0, 0.05) is 0 Å². The van der Waals surface area contributed by atoms with Gasteiger partial charge >= 0.3 is 6.18 Å². The highest BCUT2D eigenvalue weighted by molar-refractivity contribution is 5.74. The Labute approximate surface area is 86.0 Å². The first-order valence-corrected chi connectivity index (χ1v) is 4.15. The molecule has 1 heterocycles. The molecule has 0 spiro atoms. The molecule has 16 heavy (non-hydrogen) atoms. The predicted octanol–water partition coefficient (Wildman–Crippen LogP) is 2.24. The lowest BCUT2D eigenvalue weighted by molar-refractivity contribution is -0.182. The van der Waals surface area contributed by atoms with Crippen molar-refractivity contribution in [3.05, 3.63) is 23.8 Å². The fourth-order valence-electron chi connectivity index (χ4n) is 1.27. The zero-order valence-corrected chi connectivity index (χ0v) is 7.61. The highest BCUT2D eigenvalue weighted by Crippen LogP contribution is 2.36. The van der Waals surface area contributed by atoms with E-state index in [2.05, 4.69) is 10.3 Å². The number of hydrogen-bond donors (Lipinski definition) is 1. The van der Waals surface area contributed by atoms with Gasteiger partial charge < -0.3 is 5.21 Å². The van der Waals surface area contributed by atoms with E-state index in [9.17, 15) is 17.6 Å². The lowest BCUT2D eigenvalue weighted by Gasteiger charge is -2.12. The van der Waals surface area contributed by atoms with Gasteiger partial charge in [0.15, 0.2) is 0 Å². The van der Waals surface area contributed by atoms with Crippen LogP contribution in [0.4, 0.5) is 17.6 Å². The molecule has 0 amide bonds. The van der Waals surface area contributed by atoms with Crippen LogP contribution in [0.25, 0.3) is 11.0 Å². The van der Waals surface area contributed by atoms with Crippen molar-refractivity contribution in [2.24, 2.45) is 0 Å². The van der Waals surface area contributed by atoms with Gasteiger partial charge in [0.25, 0.3) is 0 Å². The number of aromatic nitrogens is 3. The Morgan fingerprint density at radius 1 is 1.31 bits per heavy atom. The molecule has 4 nitrogen and oxygen atoms in total. The van der Waals surface area contributed by atoms with Crippen LogP contribution in [-0.2, 0) is 0 Å². The van der Waals surface area contributed by atoms with Crippen molar-refractivity contribution in [2.75, 3.05) is 0 Å². The van der Waals surface area contributed by atoms with Gasteiger partial charge in [0.1, 0.15) is 11.0 Å². The Morgan fingerprint density at radius 2 is 2.00 bits per heavy atom. The van der Waals surface area contributed by atoms with Gasteiger partial charge in [-0.15, -0.1) is 5.10 Å². The molecule has 86 valence electrons.